The normalized spacial score (nSPS) is 15.3. The number of carbonyl (C=O) groups excluding carboxylic acids is 1. The monoisotopic (exact) mass is 211 g/mol. The molecule has 0 saturated heterocycles. The van der Waals surface area contributed by atoms with Crippen LogP contribution in [0.5, 0.6) is 0 Å². The molecule has 2 nitrogen and oxygen atoms in total. The van der Waals surface area contributed by atoms with Gasteiger partial charge in [0, 0.05) is 11.6 Å². The Morgan fingerprint density at radius 1 is 1.33 bits per heavy atom. The Balaban J connectivity index is 2.00. The highest BCUT2D eigenvalue weighted by Gasteiger charge is 2.21. The zero-order valence-corrected chi connectivity index (χ0v) is 8.09. The van der Waals surface area contributed by atoms with Crippen LogP contribution in [0.15, 0.2) is 18.2 Å². The van der Waals surface area contributed by atoms with Gasteiger partial charge in [-0.1, -0.05) is 0 Å². The van der Waals surface area contributed by atoms with Gasteiger partial charge in [0.1, 0.15) is 0 Å². The fourth-order valence-electron chi connectivity index (χ4n) is 1.30. The molecule has 0 aliphatic heterocycles. The molecule has 4 heteroatoms. The van der Waals surface area contributed by atoms with Gasteiger partial charge < -0.3 is 5.32 Å². The van der Waals surface area contributed by atoms with Gasteiger partial charge in [-0.15, -0.1) is 0 Å². The summed E-state index contributed by atoms with van der Waals surface area (Å²) in [6, 6.07) is 3.64. The largest absolute Gasteiger partial charge is 0.307 e. The number of benzene rings is 1. The Morgan fingerprint density at radius 2 is 2.07 bits per heavy atom. The minimum absolute atomic E-state index is 0.190. The Labute approximate surface area is 86.3 Å². The topological polar surface area (TPSA) is 29.1 Å². The second-order valence-electron chi connectivity index (χ2n) is 3.71. The van der Waals surface area contributed by atoms with Crippen molar-refractivity contribution in [1.29, 1.82) is 0 Å². The van der Waals surface area contributed by atoms with Crippen LogP contribution in [0.25, 0.3) is 0 Å². The zero-order valence-electron chi connectivity index (χ0n) is 8.09. The Kier molecular flexibility index (Phi) is 2.77. The number of halogens is 2. The summed E-state index contributed by atoms with van der Waals surface area (Å²) < 4.78 is 25.4. The molecule has 1 aromatic carbocycles. The molecular formula is C11H11F2NO. The van der Waals surface area contributed by atoms with E-state index in [1.165, 1.54) is 6.07 Å². The van der Waals surface area contributed by atoms with Crippen molar-refractivity contribution < 1.29 is 13.6 Å². The smallest absolute Gasteiger partial charge is 0.176 e. The first-order chi connectivity index (χ1) is 7.16. The third-order valence-corrected chi connectivity index (χ3v) is 2.37. The summed E-state index contributed by atoms with van der Waals surface area (Å²) in [7, 11) is 0. The van der Waals surface area contributed by atoms with Crippen LogP contribution in [0.4, 0.5) is 8.78 Å². The summed E-state index contributed by atoms with van der Waals surface area (Å²) in [5.41, 5.74) is 0.210. The fourth-order valence-corrected chi connectivity index (χ4v) is 1.30. The van der Waals surface area contributed by atoms with Gasteiger partial charge in [0.2, 0.25) is 0 Å². The van der Waals surface area contributed by atoms with E-state index in [1.807, 2.05) is 0 Å². The van der Waals surface area contributed by atoms with Crippen LogP contribution in [0.1, 0.15) is 23.2 Å². The molecule has 0 spiro atoms. The predicted octanol–water partition coefficient (Wildman–Crippen LogP) is 1.90. The summed E-state index contributed by atoms with van der Waals surface area (Å²) in [6.07, 6.45) is 2.18. The first-order valence-corrected chi connectivity index (χ1v) is 4.88. The second-order valence-corrected chi connectivity index (χ2v) is 3.71. The van der Waals surface area contributed by atoms with Gasteiger partial charge in [-0.2, -0.15) is 0 Å². The highest BCUT2D eigenvalue weighted by molar-refractivity contribution is 5.97. The number of rotatable bonds is 4. The molecule has 1 aliphatic rings. The predicted molar refractivity (Wildman–Crippen MR) is 51.7 cm³/mol. The first-order valence-electron chi connectivity index (χ1n) is 4.88. The minimum Gasteiger partial charge on any atom is -0.307 e. The van der Waals surface area contributed by atoms with Crippen molar-refractivity contribution in [3.63, 3.8) is 0 Å². The van der Waals surface area contributed by atoms with Gasteiger partial charge in [-0.05, 0) is 31.0 Å². The van der Waals surface area contributed by atoms with Crippen LogP contribution < -0.4 is 5.32 Å². The van der Waals surface area contributed by atoms with E-state index >= 15 is 0 Å². The lowest BCUT2D eigenvalue weighted by molar-refractivity contribution is 0.0990. The highest BCUT2D eigenvalue weighted by atomic mass is 19.2. The van der Waals surface area contributed by atoms with E-state index in [1.54, 1.807) is 0 Å². The Morgan fingerprint density at radius 3 is 2.67 bits per heavy atom. The lowest BCUT2D eigenvalue weighted by atomic mass is 10.1. The molecule has 0 aromatic heterocycles. The van der Waals surface area contributed by atoms with Crippen LogP contribution in [0.2, 0.25) is 0 Å². The maximum Gasteiger partial charge on any atom is 0.176 e. The molecule has 0 bridgehead atoms. The molecule has 1 N–H and O–H groups in total. The van der Waals surface area contributed by atoms with Gasteiger partial charge in [0.25, 0.3) is 0 Å². The van der Waals surface area contributed by atoms with Crippen LogP contribution in [-0.4, -0.2) is 18.4 Å². The standard InChI is InChI=1S/C11H11F2NO/c12-9-4-1-7(5-10(9)13)11(15)6-14-8-2-3-8/h1,4-5,8,14H,2-3,6H2. The van der Waals surface area contributed by atoms with Crippen molar-refractivity contribution in [2.45, 2.75) is 18.9 Å². The average Bonchev–Trinajstić information content (AvgIpc) is 3.02. The molecule has 1 aliphatic carbocycles. The number of nitrogens with one attached hydrogen (secondary N) is 1. The lowest BCUT2D eigenvalue weighted by Crippen LogP contribution is -2.24. The molecule has 1 aromatic rings. The number of Topliss-reactive ketones (excluding diaryl/α,β-unsaturated/α-hetero) is 1. The molecule has 1 fully saturated rings. The molecule has 15 heavy (non-hydrogen) atoms. The van der Waals surface area contributed by atoms with Crippen molar-refractivity contribution >= 4 is 5.78 Å². The molecule has 1 saturated carbocycles. The summed E-state index contributed by atoms with van der Waals surface area (Å²) in [4.78, 5) is 11.5. The van der Waals surface area contributed by atoms with Crippen LogP contribution >= 0.6 is 0 Å². The van der Waals surface area contributed by atoms with Gasteiger partial charge >= 0.3 is 0 Å². The lowest BCUT2D eigenvalue weighted by Gasteiger charge is -2.02. The molecule has 2 rings (SSSR count). The van der Waals surface area contributed by atoms with Crippen molar-refractivity contribution in [2.24, 2.45) is 0 Å². The van der Waals surface area contributed by atoms with Gasteiger partial charge in [-0.25, -0.2) is 8.78 Å². The van der Waals surface area contributed by atoms with Gasteiger partial charge in [0.05, 0.1) is 6.54 Å². The van der Waals surface area contributed by atoms with E-state index in [9.17, 15) is 13.6 Å². The number of hydrogen-bond acceptors (Lipinski definition) is 2. The molecule has 0 unspecified atom stereocenters. The minimum atomic E-state index is -0.979. The van der Waals surface area contributed by atoms with Crippen molar-refractivity contribution in [3.05, 3.63) is 35.4 Å². The highest BCUT2D eigenvalue weighted by Crippen LogP contribution is 2.18. The van der Waals surface area contributed by atoms with Gasteiger partial charge in [0.15, 0.2) is 17.4 Å². The van der Waals surface area contributed by atoms with E-state index in [2.05, 4.69) is 5.32 Å². The van der Waals surface area contributed by atoms with Crippen LogP contribution in [0, 0.1) is 11.6 Å². The van der Waals surface area contributed by atoms with Crippen LogP contribution in [-0.2, 0) is 0 Å². The Bertz CT molecular complexity index is 388. The van der Waals surface area contributed by atoms with E-state index in [0.29, 0.717) is 6.04 Å². The number of hydrogen-bond donors (Lipinski definition) is 1. The average molecular weight is 211 g/mol. The Hall–Kier alpha value is -1.29. The summed E-state index contributed by atoms with van der Waals surface area (Å²) in [5, 5.41) is 3.02. The molecule has 0 atom stereocenters. The second kappa shape index (κ2) is 4.06. The van der Waals surface area contributed by atoms with E-state index < -0.39 is 11.6 Å². The van der Waals surface area contributed by atoms with Crippen molar-refractivity contribution in [2.75, 3.05) is 6.54 Å². The third-order valence-electron chi connectivity index (χ3n) is 2.37. The molecular weight excluding hydrogens is 200 g/mol. The maximum absolute atomic E-state index is 12.8. The van der Waals surface area contributed by atoms with E-state index in [-0.39, 0.29) is 17.9 Å². The van der Waals surface area contributed by atoms with Gasteiger partial charge in [-0.3, -0.25) is 4.79 Å². The van der Waals surface area contributed by atoms with E-state index in [4.69, 9.17) is 0 Å². The summed E-state index contributed by atoms with van der Waals surface area (Å²) in [6.45, 7) is 0.190. The van der Waals surface area contributed by atoms with E-state index in [0.717, 1.165) is 25.0 Å². The quantitative estimate of drug-likeness (QED) is 0.770. The molecule has 0 heterocycles. The number of ketones is 1. The van der Waals surface area contributed by atoms with Crippen LogP contribution in [0.3, 0.4) is 0 Å². The fraction of sp³-hybridized carbons (Fsp3) is 0.364. The van der Waals surface area contributed by atoms with Crippen molar-refractivity contribution in [3.8, 4) is 0 Å². The van der Waals surface area contributed by atoms with Crippen molar-refractivity contribution in [1.82, 2.24) is 5.32 Å². The zero-order chi connectivity index (χ0) is 10.8. The molecule has 80 valence electrons. The number of carbonyl (C=O) groups is 1. The maximum atomic E-state index is 12.8. The molecule has 0 amide bonds. The summed E-state index contributed by atoms with van der Waals surface area (Å²) in [5.74, 6) is -2.12. The SMILES string of the molecule is O=C(CNC1CC1)c1ccc(F)c(F)c1. The molecule has 0 radical (unpaired) electrons. The first kappa shape index (κ1) is 10.2. The summed E-state index contributed by atoms with van der Waals surface area (Å²) >= 11 is 0. The third kappa shape index (κ3) is 2.59.